The fraction of sp³-hybridized carbons (Fsp3) is 0.292. The average Bonchev–Trinajstić information content (AvgIpc) is 3.87. The molecule has 72 heavy (non-hydrogen) atoms. The molecule has 5 atom stereocenters. The number of carboxylic acid groups (broad SMARTS) is 1. The predicted molar refractivity (Wildman–Crippen MR) is 260 cm³/mol. The van der Waals surface area contributed by atoms with E-state index in [4.69, 9.17) is 22.7 Å². The molecule has 0 spiro atoms. The maximum atomic E-state index is 13.4. The first-order valence-electron chi connectivity index (χ1n) is 22.3. The van der Waals surface area contributed by atoms with Crippen molar-refractivity contribution in [1.82, 2.24) is 20.4 Å². The third-order valence-corrected chi connectivity index (χ3v) is 14.5. The molecule has 4 aliphatic rings. The Morgan fingerprint density at radius 3 is 2.47 bits per heavy atom. The summed E-state index contributed by atoms with van der Waals surface area (Å²) in [6, 6.07) is 18.9. The number of hydrogen-bond acceptors (Lipinski definition) is 17. The minimum absolute atomic E-state index is 0.00803. The first kappa shape index (κ1) is 51.3. The summed E-state index contributed by atoms with van der Waals surface area (Å²) in [7, 11) is -2.74. The predicted octanol–water partition coefficient (Wildman–Crippen LogP) is 3.97. The number of fused-ring (bicyclic) bond motifs is 2. The number of aliphatic hydroxyl groups excluding tert-OH is 1. The molecule has 5 unspecified atom stereocenters. The number of benzene rings is 4. The Morgan fingerprint density at radius 1 is 0.944 bits per heavy atom. The van der Waals surface area contributed by atoms with Gasteiger partial charge in [0, 0.05) is 71.0 Å². The Labute approximate surface area is 412 Å². The van der Waals surface area contributed by atoms with E-state index in [0.29, 0.717) is 35.0 Å². The maximum absolute atomic E-state index is 13.4. The van der Waals surface area contributed by atoms with Crippen molar-refractivity contribution < 1.29 is 66.9 Å². The number of nitrogens with one attached hydrogen (secondary N) is 3. The van der Waals surface area contributed by atoms with Crippen LogP contribution in [0, 0.1) is 6.92 Å². The highest BCUT2D eigenvalue weighted by Gasteiger charge is 2.47. The Balaban J connectivity index is 0.787. The van der Waals surface area contributed by atoms with Gasteiger partial charge in [-0.1, -0.05) is 12.1 Å². The number of rotatable bonds is 18. The lowest BCUT2D eigenvalue weighted by Crippen LogP contribution is -2.41. The van der Waals surface area contributed by atoms with Gasteiger partial charge in [-0.2, -0.15) is 18.5 Å². The number of carbonyl (C=O) groups excluding carboxylic acids is 4. The third kappa shape index (κ3) is 11.3. The van der Waals surface area contributed by atoms with Crippen LogP contribution in [-0.2, 0) is 39.1 Å². The number of phenols is 1. The van der Waals surface area contributed by atoms with E-state index in [-0.39, 0.29) is 83.0 Å². The van der Waals surface area contributed by atoms with Crippen molar-refractivity contribution in [2.75, 3.05) is 31.0 Å². The first-order valence-corrected chi connectivity index (χ1v) is 24.8. The summed E-state index contributed by atoms with van der Waals surface area (Å²) in [5, 5.41) is 30.5. The number of thioether (sulfide) groups is 1. The normalized spacial score (nSPS) is 18.7. The molecule has 8 rings (SSSR count). The van der Waals surface area contributed by atoms with E-state index < -0.39 is 72.7 Å². The molecule has 3 aliphatic heterocycles. The van der Waals surface area contributed by atoms with Crippen LogP contribution in [0.25, 0.3) is 33.4 Å². The van der Waals surface area contributed by atoms with E-state index in [9.17, 15) is 58.6 Å². The van der Waals surface area contributed by atoms with Crippen LogP contribution in [0.3, 0.4) is 0 Å². The lowest BCUT2D eigenvalue weighted by Gasteiger charge is -2.18. The molecule has 1 aromatic heterocycles. The van der Waals surface area contributed by atoms with E-state index in [0.717, 1.165) is 26.8 Å². The zero-order chi connectivity index (χ0) is 51.4. The highest BCUT2D eigenvalue weighted by molar-refractivity contribution is 8.00. The molecule has 3 aromatic carbocycles. The Morgan fingerprint density at radius 2 is 1.72 bits per heavy atom. The maximum Gasteiger partial charge on any atom is 0.572 e. The van der Waals surface area contributed by atoms with Gasteiger partial charge < -0.3 is 24.5 Å². The fourth-order valence-electron chi connectivity index (χ4n) is 8.25. The van der Waals surface area contributed by atoms with E-state index in [2.05, 4.69) is 15.8 Å². The summed E-state index contributed by atoms with van der Waals surface area (Å²) >= 11 is 1.15. The zero-order valence-electron chi connectivity index (χ0n) is 38.4. The minimum Gasteiger partial charge on any atom is -0.508 e. The number of nitrogens with zero attached hydrogens (tertiary/aromatic N) is 2. The number of amides is 4. The van der Waals surface area contributed by atoms with Gasteiger partial charge in [0.1, 0.15) is 42.6 Å². The van der Waals surface area contributed by atoms with Gasteiger partial charge in [0.15, 0.2) is 5.43 Å². The number of anilines is 1. The lowest BCUT2D eigenvalue weighted by atomic mass is 9.89. The monoisotopic (exact) mass is 1030 g/mol. The molecular formula is C48H47N5O17PS+. The second kappa shape index (κ2) is 21.7. The topological polar surface area (TPSA) is 316 Å². The number of phenolic OH excluding ortho intramolecular Hbond substituents is 1. The van der Waals surface area contributed by atoms with Crippen molar-refractivity contribution in [1.29, 1.82) is 0 Å². The van der Waals surface area contributed by atoms with Gasteiger partial charge in [-0.05, 0) is 85.5 Å². The molecule has 0 saturated carbocycles. The number of aromatic hydroxyl groups is 1. The average molecular weight is 1030 g/mol. The van der Waals surface area contributed by atoms with Crippen LogP contribution in [0.2, 0.25) is 0 Å². The van der Waals surface area contributed by atoms with E-state index in [1.54, 1.807) is 24.3 Å². The summed E-state index contributed by atoms with van der Waals surface area (Å²) in [6.45, 7) is 1.03. The van der Waals surface area contributed by atoms with E-state index in [1.165, 1.54) is 74.8 Å². The van der Waals surface area contributed by atoms with Crippen LogP contribution >= 0.6 is 19.9 Å². The number of hydrazine groups is 1. The Bertz CT molecular complexity index is 3230. The van der Waals surface area contributed by atoms with Gasteiger partial charge in [-0.15, -0.1) is 11.8 Å². The number of aryl methyl sites for hydroxylation is 2. The van der Waals surface area contributed by atoms with Crippen LogP contribution in [0.15, 0.2) is 104 Å². The van der Waals surface area contributed by atoms with Gasteiger partial charge in [0.05, 0.1) is 29.7 Å². The van der Waals surface area contributed by atoms with Crippen LogP contribution in [0.1, 0.15) is 63.8 Å². The van der Waals surface area contributed by atoms with Crippen molar-refractivity contribution in [2.45, 2.75) is 62.7 Å². The second-order valence-electron chi connectivity index (χ2n) is 16.7. The van der Waals surface area contributed by atoms with Crippen LogP contribution in [-0.4, -0.2) is 103 Å². The van der Waals surface area contributed by atoms with Gasteiger partial charge in [0.2, 0.25) is 17.7 Å². The highest BCUT2D eigenvalue weighted by Crippen LogP contribution is 2.58. The molecule has 0 bridgehead atoms. The lowest BCUT2D eigenvalue weighted by molar-refractivity contribution is -0.122. The molecule has 24 heteroatoms. The number of carbonyl (C=O) groups is 5. The summed E-state index contributed by atoms with van der Waals surface area (Å²) in [5.74, 6) is -3.20. The molecule has 4 amide bonds. The van der Waals surface area contributed by atoms with E-state index >= 15 is 0 Å². The van der Waals surface area contributed by atoms with E-state index in [1.807, 2.05) is 0 Å². The summed E-state index contributed by atoms with van der Waals surface area (Å²) in [4.78, 5) is 115. The molecule has 4 aromatic rings. The highest BCUT2D eigenvalue weighted by atomic mass is 32.2. The molecule has 0 radical (unpaired) electrons. The number of hydrogen-bond donors (Lipinski definition) is 7. The van der Waals surface area contributed by atoms with Gasteiger partial charge in [-0.3, -0.25) is 49.2 Å². The van der Waals surface area contributed by atoms with Crippen molar-refractivity contribution >= 4 is 66.2 Å². The standard InChI is InChI=1S/C48H46N5O17PS/c1-25-23-52(48(64)49-44(25)59)42-21-35(56)38(70-42)24-68-71(65,66-2)67-16-17-72-39-22-41(58)53(46(39)61)28-9-6-26(7-10-28)4-3-5-40(57)50-51-45(60)27-8-13-31(47(62)63)34(18-27)43-32-14-11-29(54)19-36(32)69-37-20-30(55)12-15-33(37)43/h6-15,18-20,23,35,38-39,42,56,65H,3-5,16-17,21-22,24H2,1-2H3,(H4-,49,50,51,54,55,57,59,60,62,63,64)/p+1. The number of aliphatic hydroxyl groups is 1. The molecule has 22 nitrogen and oxygen atoms in total. The van der Waals surface area contributed by atoms with Crippen LogP contribution in [0.5, 0.6) is 5.75 Å². The molecule has 376 valence electrons. The summed E-state index contributed by atoms with van der Waals surface area (Å²) < 4.78 is 28.9. The number of ether oxygens (including phenoxy) is 1. The van der Waals surface area contributed by atoms with Crippen molar-refractivity contribution in [2.24, 2.45) is 0 Å². The number of aromatic carboxylic acids is 1. The molecule has 4 heterocycles. The number of aromatic nitrogens is 2. The van der Waals surface area contributed by atoms with Gasteiger partial charge in [0.25, 0.3) is 11.5 Å². The second-order valence-corrected chi connectivity index (χ2v) is 19.9. The molecule has 7 N–H and O–H groups in total. The van der Waals surface area contributed by atoms with Crippen molar-refractivity contribution in [3.8, 4) is 28.2 Å². The van der Waals surface area contributed by atoms with Crippen molar-refractivity contribution in [3.63, 3.8) is 0 Å². The number of H-pyrrole nitrogens is 1. The number of carboxylic acids is 1. The molecule has 2 fully saturated rings. The number of imide groups is 1. The SMILES string of the molecule is CO[P+](O)(OCCSC1CC(=O)N(c2ccc(CCCC(=O)NNC(=O)c3ccc(C(=O)O)c(-c4c5ccc(=O)cc-5oc5cc(O)ccc45)c3)cc2)C1=O)OCC1OC(n2cc(C)c(=O)[nH]c2=O)CC1O. The molecular weight excluding hydrogens is 982 g/mol. The zero-order valence-corrected chi connectivity index (χ0v) is 40.1. The van der Waals surface area contributed by atoms with Crippen molar-refractivity contribution in [3.05, 3.63) is 138 Å². The minimum atomic E-state index is -3.91. The smallest absolute Gasteiger partial charge is 0.508 e. The van der Waals surface area contributed by atoms with Gasteiger partial charge in [-0.25, -0.2) is 14.5 Å². The molecule has 1 aliphatic carbocycles. The quantitative estimate of drug-likeness (QED) is 0.0211. The first-order chi connectivity index (χ1) is 34.4. The Hall–Kier alpha value is -7.08. The van der Waals surface area contributed by atoms with Crippen LogP contribution in [0.4, 0.5) is 5.69 Å². The summed E-state index contributed by atoms with van der Waals surface area (Å²) in [6.07, 6.45) is -0.881. The van der Waals surface area contributed by atoms with Gasteiger partial charge >= 0.3 is 19.8 Å². The fourth-order valence-corrected chi connectivity index (χ4v) is 10.3. The summed E-state index contributed by atoms with van der Waals surface area (Å²) in [5.41, 5.74) is 5.45. The number of aromatic amines is 1. The largest absolute Gasteiger partial charge is 0.572 e. The molecule has 2 saturated heterocycles. The third-order valence-electron chi connectivity index (χ3n) is 11.9. The van der Waals surface area contributed by atoms with Crippen LogP contribution < -0.4 is 32.4 Å². The Kier molecular flexibility index (Phi) is 15.5.